The molecule has 0 aliphatic heterocycles. The maximum absolute atomic E-state index is 12.6. The smallest absolute Gasteiger partial charge is 0.259 e. The Morgan fingerprint density at radius 3 is 2.48 bits per heavy atom. The topological polar surface area (TPSA) is 47.6 Å². The lowest BCUT2D eigenvalue weighted by Crippen LogP contribution is -2.13. The molecule has 25 heavy (non-hydrogen) atoms. The fourth-order valence-electron chi connectivity index (χ4n) is 2.41. The van der Waals surface area contributed by atoms with Crippen LogP contribution in [0.3, 0.4) is 0 Å². The summed E-state index contributed by atoms with van der Waals surface area (Å²) in [6.45, 7) is 0.407. The Kier molecular flexibility index (Phi) is 5.32. The number of carbonyl (C=O) groups is 1. The van der Waals surface area contributed by atoms with Gasteiger partial charge in [-0.15, -0.1) is 0 Å². The SMILES string of the molecule is COc1cccc(NC(=O)c2ccccc2OCc2ccccc2)c1. The summed E-state index contributed by atoms with van der Waals surface area (Å²) in [5.41, 5.74) is 2.20. The third-order valence-corrected chi connectivity index (χ3v) is 3.70. The highest BCUT2D eigenvalue weighted by atomic mass is 16.5. The van der Waals surface area contributed by atoms with E-state index in [2.05, 4.69) is 5.32 Å². The monoisotopic (exact) mass is 333 g/mol. The third kappa shape index (κ3) is 4.38. The molecule has 0 saturated carbocycles. The zero-order valence-corrected chi connectivity index (χ0v) is 13.9. The summed E-state index contributed by atoms with van der Waals surface area (Å²) in [5, 5.41) is 2.87. The van der Waals surface area contributed by atoms with Crippen molar-refractivity contribution in [2.75, 3.05) is 12.4 Å². The van der Waals surface area contributed by atoms with Crippen LogP contribution in [0.25, 0.3) is 0 Å². The second kappa shape index (κ2) is 8.02. The minimum Gasteiger partial charge on any atom is -0.497 e. The highest BCUT2D eigenvalue weighted by Crippen LogP contribution is 2.22. The molecule has 0 atom stereocenters. The first-order valence-electron chi connectivity index (χ1n) is 7.97. The first-order chi connectivity index (χ1) is 12.3. The van der Waals surface area contributed by atoms with E-state index in [9.17, 15) is 4.79 Å². The number of anilines is 1. The van der Waals surface area contributed by atoms with Gasteiger partial charge in [-0.3, -0.25) is 4.79 Å². The van der Waals surface area contributed by atoms with Crippen molar-refractivity contribution in [3.63, 3.8) is 0 Å². The molecule has 3 aromatic carbocycles. The summed E-state index contributed by atoms with van der Waals surface area (Å²) < 4.78 is 11.0. The molecular weight excluding hydrogens is 314 g/mol. The second-order valence-electron chi connectivity index (χ2n) is 5.46. The normalized spacial score (nSPS) is 10.1. The molecule has 3 rings (SSSR count). The van der Waals surface area contributed by atoms with E-state index < -0.39 is 0 Å². The number of benzene rings is 3. The van der Waals surface area contributed by atoms with E-state index >= 15 is 0 Å². The van der Waals surface area contributed by atoms with Crippen LogP contribution in [0.15, 0.2) is 78.9 Å². The Labute approximate surface area is 147 Å². The molecule has 0 saturated heterocycles. The summed E-state index contributed by atoms with van der Waals surface area (Å²) in [5.74, 6) is 1.01. The summed E-state index contributed by atoms with van der Waals surface area (Å²) in [6, 6.07) is 24.3. The Morgan fingerprint density at radius 2 is 1.68 bits per heavy atom. The number of rotatable bonds is 6. The number of hydrogen-bond donors (Lipinski definition) is 1. The standard InChI is InChI=1S/C21H19NO3/c1-24-18-11-7-10-17(14-18)22-21(23)19-12-5-6-13-20(19)25-15-16-8-3-2-4-9-16/h2-14H,15H2,1H3,(H,22,23). The van der Waals surface area contributed by atoms with Crippen LogP contribution in [0, 0.1) is 0 Å². The van der Waals surface area contributed by atoms with Crippen LogP contribution in [-0.2, 0) is 6.61 Å². The number of nitrogens with one attached hydrogen (secondary N) is 1. The van der Waals surface area contributed by atoms with Gasteiger partial charge in [-0.05, 0) is 29.8 Å². The van der Waals surface area contributed by atoms with E-state index in [0.717, 1.165) is 5.56 Å². The third-order valence-electron chi connectivity index (χ3n) is 3.70. The lowest BCUT2D eigenvalue weighted by atomic mass is 10.1. The van der Waals surface area contributed by atoms with E-state index in [0.29, 0.717) is 29.4 Å². The highest BCUT2D eigenvalue weighted by Gasteiger charge is 2.12. The molecule has 0 aliphatic carbocycles. The summed E-state index contributed by atoms with van der Waals surface area (Å²) in [4.78, 5) is 12.6. The number of carbonyl (C=O) groups excluding carboxylic acids is 1. The lowest BCUT2D eigenvalue weighted by Gasteiger charge is -2.12. The van der Waals surface area contributed by atoms with Crippen LogP contribution in [-0.4, -0.2) is 13.0 Å². The predicted molar refractivity (Wildman–Crippen MR) is 98.2 cm³/mol. The van der Waals surface area contributed by atoms with Gasteiger partial charge in [-0.25, -0.2) is 0 Å². The molecule has 0 fully saturated rings. The van der Waals surface area contributed by atoms with E-state index in [1.54, 1.807) is 25.3 Å². The molecule has 0 aromatic heterocycles. The molecule has 126 valence electrons. The average molecular weight is 333 g/mol. The van der Waals surface area contributed by atoms with Crippen LogP contribution >= 0.6 is 0 Å². The Morgan fingerprint density at radius 1 is 0.920 bits per heavy atom. The molecule has 0 spiro atoms. The zero-order chi connectivity index (χ0) is 17.5. The second-order valence-corrected chi connectivity index (χ2v) is 5.46. The van der Waals surface area contributed by atoms with Gasteiger partial charge in [0.05, 0.1) is 12.7 Å². The minimum atomic E-state index is -0.225. The summed E-state index contributed by atoms with van der Waals surface area (Å²) in [6.07, 6.45) is 0. The molecule has 0 heterocycles. The average Bonchev–Trinajstić information content (AvgIpc) is 2.67. The van der Waals surface area contributed by atoms with Crippen LogP contribution in [0.2, 0.25) is 0 Å². The van der Waals surface area contributed by atoms with Gasteiger partial charge >= 0.3 is 0 Å². The highest BCUT2D eigenvalue weighted by molar-refractivity contribution is 6.06. The molecule has 0 aliphatic rings. The number of methoxy groups -OCH3 is 1. The van der Waals surface area contributed by atoms with Gasteiger partial charge in [-0.2, -0.15) is 0 Å². The summed E-state index contributed by atoms with van der Waals surface area (Å²) >= 11 is 0. The maximum Gasteiger partial charge on any atom is 0.259 e. The van der Waals surface area contributed by atoms with Gasteiger partial charge < -0.3 is 14.8 Å². The van der Waals surface area contributed by atoms with Gasteiger partial charge in [-0.1, -0.05) is 48.5 Å². The minimum absolute atomic E-state index is 0.225. The van der Waals surface area contributed by atoms with Gasteiger partial charge in [0.2, 0.25) is 0 Å². The van der Waals surface area contributed by atoms with E-state index in [1.807, 2.05) is 60.7 Å². The number of amides is 1. The molecule has 0 bridgehead atoms. The zero-order valence-electron chi connectivity index (χ0n) is 13.9. The molecule has 0 unspecified atom stereocenters. The first kappa shape index (κ1) is 16.6. The Bertz CT molecular complexity index is 847. The van der Waals surface area contributed by atoms with Gasteiger partial charge in [0.25, 0.3) is 5.91 Å². The number of ether oxygens (including phenoxy) is 2. The van der Waals surface area contributed by atoms with Crippen molar-refractivity contribution in [2.24, 2.45) is 0 Å². The van der Waals surface area contributed by atoms with Crippen molar-refractivity contribution in [3.05, 3.63) is 90.0 Å². The lowest BCUT2D eigenvalue weighted by molar-refractivity contribution is 0.102. The quantitative estimate of drug-likeness (QED) is 0.721. The van der Waals surface area contributed by atoms with Crippen molar-refractivity contribution in [2.45, 2.75) is 6.61 Å². The van der Waals surface area contributed by atoms with E-state index in [-0.39, 0.29) is 5.91 Å². The maximum atomic E-state index is 12.6. The number of hydrogen-bond acceptors (Lipinski definition) is 3. The number of para-hydroxylation sites is 1. The first-order valence-corrected chi connectivity index (χ1v) is 7.97. The van der Waals surface area contributed by atoms with E-state index in [1.165, 1.54) is 0 Å². The largest absolute Gasteiger partial charge is 0.497 e. The van der Waals surface area contributed by atoms with Crippen LogP contribution in [0.4, 0.5) is 5.69 Å². The van der Waals surface area contributed by atoms with Crippen LogP contribution in [0.1, 0.15) is 15.9 Å². The van der Waals surface area contributed by atoms with Crippen molar-refractivity contribution >= 4 is 11.6 Å². The van der Waals surface area contributed by atoms with Crippen LogP contribution in [0.5, 0.6) is 11.5 Å². The fourth-order valence-corrected chi connectivity index (χ4v) is 2.41. The van der Waals surface area contributed by atoms with Crippen molar-refractivity contribution in [3.8, 4) is 11.5 Å². The molecule has 4 heteroatoms. The molecule has 4 nitrogen and oxygen atoms in total. The molecule has 0 radical (unpaired) electrons. The van der Waals surface area contributed by atoms with Gasteiger partial charge in [0, 0.05) is 11.8 Å². The van der Waals surface area contributed by atoms with Crippen molar-refractivity contribution in [1.82, 2.24) is 0 Å². The predicted octanol–water partition coefficient (Wildman–Crippen LogP) is 4.53. The van der Waals surface area contributed by atoms with E-state index in [4.69, 9.17) is 9.47 Å². The van der Waals surface area contributed by atoms with Crippen molar-refractivity contribution < 1.29 is 14.3 Å². The van der Waals surface area contributed by atoms with Crippen molar-refractivity contribution in [1.29, 1.82) is 0 Å². The van der Waals surface area contributed by atoms with Crippen LogP contribution < -0.4 is 14.8 Å². The Balaban J connectivity index is 1.74. The molecule has 1 amide bonds. The Hall–Kier alpha value is -3.27. The fraction of sp³-hybridized carbons (Fsp3) is 0.0952. The molecule has 1 N–H and O–H groups in total. The molecular formula is C21H19NO3. The summed E-state index contributed by atoms with van der Waals surface area (Å²) in [7, 11) is 1.59. The molecule has 3 aromatic rings. The van der Waals surface area contributed by atoms with Gasteiger partial charge in [0.15, 0.2) is 0 Å². The van der Waals surface area contributed by atoms with Gasteiger partial charge in [0.1, 0.15) is 18.1 Å².